The number of nitrogens with zero attached hydrogens (tertiary/aromatic N) is 2. The van der Waals surface area contributed by atoms with Gasteiger partial charge in [-0.1, -0.05) is 23.4 Å². The largest absolute Gasteiger partial charge is 0.497 e. The molecular formula is C23H26N2O4. The summed E-state index contributed by atoms with van der Waals surface area (Å²) in [6.45, 7) is 6.08. The molecule has 29 heavy (non-hydrogen) atoms. The van der Waals surface area contributed by atoms with Crippen LogP contribution in [0.25, 0.3) is 0 Å². The number of benzene rings is 2. The summed E-state index contributed by atoms with van der Waals surface area (Å²) in [4.78, 5) is 14.7. The van der Waals surface area contributed by atoms with E-state index < -0.39 is 0 Å². The smallest absolute Gasteiger partial charge is 0.254 e. The van der Waals surface area contributed by atoms with E-state index in [1.54, 1.807) is 31.2 Å². The fourth-order valence-corrected chi connectivity index (χ4v) is 3.07. The molecule has 6 nitrogen and oxygen atoms in total. The normalized spacial score (nSPS) is 11.8. The van der Waals surface area contributed by atoms with Crippen LogP contribution >= 0.6 is 0 Å². The average molecular weight is 394 g/mol. The first-order valence-corrected chi connectivity index (χ1v) is 9.46. The Labute approximate surface area is 171 Å². The first kappa shape index (κ1) is 20.5. The number of hydrogen-bond donors (Lipinski definition) is 0. The van der Waals surface area contributed by atoms with Gasteiger partial charge >= 0.3 is 0 Å². The summed E-state index contributed by atoms with van der Waals surface area (Å²) in [5, 5.41) is 3.93. The molecule has 1 unspecified atom stereocenters. The summed E-state index contributed by atoms with van der Waals surface area (Å²) < 4.78 is 16.2. The molecule has 0 bridgehead atoms. The standard InChI is InChI=1S/C23H26N2O4/c1-15-22(17(3)29-24-15)14-28-21-8-6-7-19(13-21)23(26)25(4)16(2)18-9-11-20(27-5)12-10-18/h6-13,16H,14H2,1-5H3. The van der Waals surface area contributed by atoms with Crippen molar-refractivity contribution in [3.63, 3.8) is 0 Å². The van der Waals surface area contributed by atoms with E-state index in [0.29, 0.717) is 17.9 Å². The summed E-state index contributed by atoms with van der Waals surface area (Å²) in [5.74, 6) is 2.08. The molecule has 0 aliphatic rings. The van der Waals surface area contributed by atoms with E-state index in [9.17, 15) is 4.79 Å². The van der Waals surface area contributed by atoms with Gasteiger partial charge in [0, 0.05) is 12.6 Å². The summed E-state index contributed by atoms with van der Waals surface area (Å²) in [5.41, 5.74) is 3.34. The second-order valence-corrected chi connectivity index (χ2v) is 6.98. The van der Waals surface area contributed by atoms with Gasteiger partial charge in [0.05, 0.1) is 24.4 Å². The second kappa shape index (κ2) is 8.82. The lowest BCUT2D eigenvalue weighted by Gasteiger charge is -2.25. The lowest BCUT2D eigenvalue weighted by atomic mass is 10.1. The van der Waals surface area contributed by atoms with Crippen LogP contribution in [0, 0.1) is 13.8 Å². The van der Waals surface area contributed by atoms with Gasteiger partial charge in [-0.3, -0.25) is 4.79 Å². The van der Waals surface area contributed by atoms with Crippen molar-refractivity contribution in [3.8, 4) is 11.5 Å². The topological polar surface area (TPSA) is 64.8 Å². The number of carbonyl (C=O) groups excluding carboxylic acids is 1. The van der Waals surface area contributed by atoms with Crippen molar-refractivity contribution in [2.45, 2.75) is 33.4 Å². The number of methoxy groups -OCH3 is 1. The van der Waals surface area contributed by atoms with Crippen molar-refractivity contribution in [2.75, 3.05) is 14.2 Å². The fraction of sp³-hybridized carbons (Fsp3) is 0.304. The molecule has 1 amide bonds. The Hall–Kier alpha value is -3.28. The lowest BCUT2D eigenvalue weighted by molar-refractivity contribution is 0.0742. The van der Waals surface area contributed by atoms with Gasteiger partial charge in [-0.15, -0.1) is 0 Å². The Morgan fingerprint density at radius 1 is 1.14 bits per heavy atom. The van der Waals surface area contributed by atoms with E-state index in [4.69, 9.17) is 14.0 Å². The number of aryl methyl sites for hydroxylation is 2. The van der Waals surface area contributed by atoms with Crippen molar-refractivity contribution in [3.05, 3.63) is 76.7 Å². The Morgan fingerprint density at radius 2 is 1.86 bits per heavy atom. The van der Waals surface area contributed by atoms with Gasteiger partial charge < -0.3 is 18.9 Å². The van der Waals surface area contributed by atoms with Gasteiger partial charge in [0.15, 0.2) is 0 Å². The van der Waals surface area contributed by atoms with Gasteiger partial charge in [-0.2, -0.15) is 0 Å². The number of ether oxygens (including phenoxy) is 2. The predicted molar refractivity (Wildman–Crippen MR) is 110 cm³/mol. The molecule has 152 valence electrons. The molecule has 1 heterocycles. The Bertz CT molecular complexity index is 959. The van der Waals surface area contributed by atoms with Crippen LogP contribution in [0.3, 0.4) is 0 Å². The molecular weight excluding hydrogens is 368 g/mol. The van der Waals surface area contributed by atoms with Crippen LogP contribution in [-0.2, 0) is 6.61 Å². The molecule has 0 saturated heterocycles. The fourth-order valence-electron chi connectivity index (χ4n) is 3.07. The van der Waals surface area contributed by atoms with Crippen molar-refractivity contribution >= 4 is 5.91 Å². The van der Waals surface area contributed by atoms with Crippen molar-refractivity contribution in [1.29, 1.82) is 0 Å². The van der Waals surface area contributed by atoms with Crippen molar-refractivity contribution < 1.29 is 18.8 Å². The highest BCUT2D eigenvalue weighted by Gasteiger charge is 2.19. The van der Waals surface area contributed by atoms with Crippen LogP contribution in [0.15, 0.2) is 53.1 Å². The third-order valence-corrected chi connectivity index (χ3v) is 5.14. The molecule has 1 atom stereocenters. The summed E-state index contributed by atoms with van der Waals surface area (Å²) in [6.07, 6.45) is 0. The van der Waals surface area contributed by atoms with Crippen LogP contribution in [0.5, 0.6) is 11.5 Å². The third kappa shape index (κ3) is 4.59. The van der Waals surface area contributed by atoms with Crippen LogP contribution in [0.2, 0.25) is 0 Å². The Morgan fingerprint density at radius 3 is 2.48 bits per heavy atom. The zero-order valence-electron chi connectivity index (χ0n) is 17.4. The average Bonchev–Trinajstić information content (AvgIpc) is 3.08. The maximum Gasteiger partial charge on any atom is 0.254 e. The highest BCUT2D eigenvalue weighted by atomic mass is 16.5. The minimum absolute atomic E-state index is 0.0730. The van der Waals surface area contributed by atoms with Gasteiger partial charge in [-0.05, 0) is 56.7 Å². The molecule has 0 spiro atoms. The molecule has 0 aliphatic heterocycles. The maximum atomic E-state index is 13.0. The Balaban J connectivity index is 1.70. The molecule has 0 fully saturated rings. The van der Waals surface area contributed by atoms with Crippen LogP contribution in [-0.4, -0.2) is 30.1 Å². The van der Waals surface area contributed by atoms with Gasteiger partial charge in [0.25, 0.3) is 5.91 Å². The predicted octanol–water partition coefficient (Wildman–Crippen LogP) is 4.71. The zero-order chi connectivity index (χ0) is 21.0. The zero-order valence-corrected chi connectivity index (χ0v) is 17.4. The Kier molecular flexibility index (Phi) is 6.22. The highest BCUT2D eigenvalue weighted by molar-refractivity contribution is 5.94. The van der Waals surface area contributed by atoms with E-state index in [1.807, 2.05) is 57.2 Å². The summed E-state index contributed by atoms with van der Waals surface area (Å²) >= 11 is 0. The molecule has 0 saturated carbocycles. The molecule has 0 radical (unpaired) electrons. The van der Waals surface area contributed by atoms with E-state index in [0.717, 1.165) is 28.3 Å². The number of rotatable bonds is 7. The third-order valence-electron chi connectivity index (χ3n) is 5.14. The van der Waals surface area contributed by atoms with Crippen molar-refractivity contribution in [1.82, 2.24) is 10.1 Å². The second-order valence-electron chi connectivity index (χ2n) is 6.98. The molecule has 1 aromatic heterocycles. The first-order chi connectivity index (χ1) is 13.9. The van der Waals surface area contributed by atoms with Crippen LogP contribution in [0.4, 0.5) is 0 Å². The van der Waals surface area contributed by atoms with E-state index >= 15 is 0 Å². The van der Waals surface area contributed by atoms with Crippen molar-refractivity contribution in [2.24, 2.45) is 0 Å². The molecule has 3 aromatic rings. The number of amides is 1. The van der Waals surface area contributed by atoms with E-state index in [1.165, 1.54) is 0 Å². The van der Waals surface area contributed by atoms with Gasteiger partial charge in [-0.25, -0.2) is 0 Å². The number of hydrogen-bond acceptors (Lipinski definition) is 5. The van der Waals surface area contributed by atoms with E-state index in [2.05, 4.69) is 5.16 Å². The molecule has 6 heteroatoms. The van der Waals surface area contributed by atoms with Crippen LogP contribution < -0.4 is 9.47 Å². The van der Waals surface area contributed by atoms with Gasteiger partial charge in [0.1, 0.15) is 23.9 Å². The minimum atomic E-state index is -0.0831. The highest BCUT2D eigenvalue weighted by Crippen LogP contribution is 2.24. The molecule has 3 rings (SSSR count). The lowest BCUT2D eigenvalue weighted by Crippen LogP contribution is -2.29. The van der Waals surface area contributed by atoms with Crippen LogP contribution in [0.1, 0.15) is 45.9 Å². The van der Waals surface area contributed by atoms with Gasteiger partial charge in [0.2, 0.25) is 0 Å². The minimum Gasteiger partial charge on any atom is -0.497 e. The first-order valence-electron chi connectivity index (χ1n) is 9.46. The molecule has 0 aliphatic carbocycles. The van der Waals surface area contributed by atoms with E-state index in [-0.39, 0.29) is 11.9 Å². The molecule has 2 aromatic carbocycles. The molecule has 0 N–H and O–H groups in total. The maximum absolute atomic E-state index is 13.0. The summed E-state index contributed by atoms with van der Waals surface area (Å²) in [7, 11) is 3.43. The quantitative estimate of drug-likeness (QED) is 0.580. The monoisotopic (exact) mass is 394 g/mol. The number of aromatic nitrogens is 1. The summed E-state index contributed by atoms with van der Waals surface area (Å²) in [6, 6.07) is 14.9. The SMILES string of the molecule is COc1ccc(C(C)N(C)C(=O)c2cccc(OCc3c(C)noc3C)c2)cc1. The number of carbonyl (C=O) groups is 1.